The lowest BCUT2D eigenvalue weighted by atomic mass is 9.92. The molecular weight excluding hydrogens is 278 g/mol. The number of hydrogen-bond donors (Lipinski definition) is 2. The van der Waals surface area contributed by atoms with Crippen molar-refractivity contribution in [1.29, 1.82) is 0 Å². The number of carbonyl (C=O) groups is 1. The Morgan fingerprint density at radius 3 is 2.36 bits per heavy atom. The van der Waals surface area contributed by atoms with Crippen molar-refractivity contribution in [1.82, 2.24) is 15.1 Å². The van der Waals surface area contributed by atoms with Crippen LogP contribution in [0.25, 0.3) is 0 Å². The first-order valence-corrected chi connectivity index (χ1v) is 9.03. The third kappa shape index (κ3) is 5.13. The predicted octanol–water partition coefficient (Wildman–Crippen LogP) is 1.91. The number of aliphatic hydroxyl groups excluding tert-OH is 1. The molecule has 1 unspecified atom stereocenters. The Labute approximate surface area is 135 Å². The zero-order chi connectivity index (χ0) is 15.9. The van der Waals surface area contributed by atoms with Gasteiger partial charge in [-0.05, 0) is 70.5 Å². The molecule has 0 aromatic carbocycles. The van der Waals surface area contributed by atoms with Gasteiger partial charge in [0.25, 0.3) is 0 Å². The molecule has 5 nitrogen and oxygen atoms in total. The van der Waals surface area contributed by atoms with Gasteiger partial charge in [0.05, 0.1) is 6.10 Å². The minimum absolute atomic E-state index is 0.0834. The first-order valence-electron chi connectivity index (χ1n) is 9.03. The fourth-order valence-corrected chi connectivity index (χ4v) is 3.66. The number of nitrogens with one attached hydrogen (secondary N) is 1. The Bertz CT molecular complexity index is 333. The van der Waals surface area contributed by atoms with Crippen LogP contribution in [0.5, 0.6) is 0 Å². The number of rotatable bonds is 5. The topological polar surface area (TPSA) is 55.8 Å². The minimum atomic E-state index is -0.251. The summed E-state index contributed by atoms with van der Waals surface area (Å²) in [6.45, 7) is 10.00. The Hall–Kier alpha value is -0.810. The Morgan fingerprint density at radius 2 is 1.82 bits per heavy atom. The fourth-order valence-electron chi connectivity index (χ4n) is 3.66. The summed E-state index contributed by atoms with van der Waals surface area (Å²) < 4.78 is 0. The first kappa shape index (κ1) is 17.5. The van der Waals surface area contributed by atoms with Crippen molar-refractivity contribution in [2.24, 2.45) is 11.8 Å². The highest BCUT2D eigenvalue weighted by Crippen LogP contribution is 2.21. The van der Waals surface area contributed by atoms with Crippen LogP contribution in [-0.4, -0.2) is 66.3 Å². The van der Waals surface area contributed by atoms with Crippen LogP contribution in [-0.2, 0) is 0 Å². The van der Waals surface area contributed by atoms with Gasteiger partial charge in [-0.25, -0.2) is 4.79 Å². The molecule has 0 spiro atoms. The molecule has 128 valence electrons. The van der Waals surface area contributed by atoms with Crippen molar-refractivity contribution in [3.05, 3.63) is 0 Å². The van der Waals surface area contributed by atoms with Crippen LogP contribution in [0.2, 0.25) is 0 Å². The number of likely N-dealkylation sites (tertiary alicyclic amines) is 2. The van der Waals surface area contributed by atoms with Gasteiger partial charge < -0.3 is 20.2 Å². The molecule has 0 aliphatic carbocycles. The molecule has 2 aliphatic heterocycles. The lowest BCUT2D eigenvalue weighted by Crippen LogP contribution is -2.47. The molecule has 2 amide bonds. The summed E-state index contributed by atoms with van der Waals surface area (Å²) in [6.07, 6.45) is 5.21. The first-order chi connectivity index (χ1) is 10.6. The fraction of sp³-hybridized carbons (Fsp3) is 0.941. The lowest BCUT2D eigenvalue weighted by molar-refractivity contribution is 0.0794. The molecule has 0 aromatic rings. The molecule has 0 aromatic heterocycles. The van der Waals surface area contributed by atoms with E-state index < -0.39 is 0 Å². The summed E-state index contributed by atoms with van der Waals surface area (Å²) in [6, 6.07) is 0.0834. The van der Waals surface area contributed by atoms with E-state index in [4.69, 9.17) is 0 Å². The van der Waals surface area contributed by atoms with E-state index in [1.807, 2.05) is 11.8 Å². The van der Waals surface area contributed by atoms with E-state index in [0.717, 1.165) is 32.5 Å². The number of urea groups is 1. The van der Waals surface area contributed by atoms with E-state index >= 15 is 0 Å². The van der Waals surface area contributed by atoms with Crippen LogP contribution >= 0.6 is 0 Å². The van der Waals surface area contributed by atoms with Gasteiger partial charge in [-0.3, -0.25) is 0 Å². The maximum Gasteiger partial charge on any atom is 0.317 e. The summed E-state index contributed by atoms with van der Waals surface area (Å²) in [5.41, 5.74) is 0. The molecule has 2 fully saturated rings. The third-order valence-electron chi connectivity index (χ3n) is 5.30. The van der Waals surface area contributed by atoms with Crippen LogP contribution in [0.3, 0.4) is 0 Å². The SMILES string of the molecule is CCCN1CCC(CNC(=O)N2CCC(C(C)O)CC2)CC1. The van der Waals surface area contributed by atoms with Gasteiger partial charge in [0.1, 0.15) is 0 Å². The van der Waals surface area contributed by atoms with Crippen LogP contribution in [0.4, 0.5) is 4.79 Å². The number of nitrogens with zero attached hydrogens (tertiary/aromatic N) is 2. The Morgan fingerprint density at radius 1 is 1.18 bits per heavy atom. The Balaban J connectivity index is 1.62. The second-order valence-electron chi connectivity index (χ2n) is 7.04. The van der Waals surface area contributed by atoms with Gasteiger partial charge in [0, 0.05) is 19.6 Å². The van der Waals surface area contributed by atoms with Crippen LogP contribution in [0.1, 0.15) is 46.0 Å². The maximum atomic E-state index is 12.2. The second kappa shape index (κ2) is 8.73. The predicted molar refractivity (Wildman–Crippen MR) is 88.8 cm³/mol. The minimum Gasteiger partial charge on any atom is -0.393 e. The average Bonchev–Trinajstić information content (AvgIpc) is 2.54. The molecule has 0 bridgehead atoms. The molecule has 0 saturated carbocycles. The molecule has 2 aliphatic rings. The summed E-state index contributed by atoms with van der Waals surface area (Å²) in [5.74, 6) is 0.985. The quantitative estimate of drug-likeness (QED) is 0.815. The molecule has 0 radical (unpaired) electrons. The van der Waals surface area contributed by atoms with Crippen molar-refractivity contribution in [2.45, 2.75) is 52.1 Å². The summed E-state index contributed by atoms with van der Waals surface area (Å²) in [7, 11) is 0. The molecular formula is C17H33N3O2. The second-order valence-corrected chi connectivity index (χ2v) is 7.04. The van der Waals surface area contributed by atoms with E-state index in [1.54, 1.807) is 0 Å². The highest BCUT2D eigenvalue weighted by Gasteiger charge is 2.26. The zero-order valence-corrected chi connectivity index (χ0v) is 14.3. The number of hydrogen-bond acceptors (Lipinski definition) is 3. The van der Waals surface area contributed by atoms with Crippen LogP contribution in [0, 0.1) is 11.8 Å². The smallest absolute Gasteiger partial charge is 0.317 e. The van der Waals surface area contributed by atoms with Gasteiger partial charge in [-0.2, -0.15) is 0 Å². The largest absolute Gasteiger partial charge is 0.393 e. The van der Waals surface area contributed by atoms with Gasteiger partial charge in [0.15, 0.2) is 0 Å². The van der Waals surface area contributed by atoms with E-state index in [9.17, 15) is 9.90 Å². The molecule has 5 heteroatoms. The lowest BCUT2D eigenvalue weighted by Gasteiger charge is -2.35. The summed E-state index contributed by atoms with van der Waals surface area (Å²) in [5, 5.41) is 12.7. The van der Waals surface area contributed by atoms with Crippen molar-refractivity contribution >= 4 is 6.03 Å². The average molecular weight is 311 g/mol. The van der Waals surface area contributed by atoms with Gasteiger partial charge in [0.2, 0.25) is 0 Å². The van der Waals surface area contributed by atoms with Crippen molar-refractivity contribution < 1.29 is 9.90 Å². The van der Waals surface area contributed by atoms with Gasteiger partial charge in [-0.15, -0.1) is 0 Å². The van der Waals surface area contributed by atoms with Crippen LogP contribution in [0.15, 0.2) is 0 Å². The molecule has 2 rings (SSSR count). The molecule has 2 saturated heterocycles. The van der Waals surface area contributed by atoms with Crippen LogP contribution < -0.4 is 5.32 Å². The molecule has 1 atom stereocenters. The summed E-state index contributed by atoms with van der Waals surface area (Å²) in [4.78, 5) is 16.7. The number of aliphatic hydroxyl groups is 1. The number of amides is 2. The van der Waals surface area contributed by atoms with Gasteiger partial charge >= 0.3 is 6.03 Å². The number of piperidine rings is 2. The monoisotopic (exact) mass is 311 g/mol. The summed E-state index contributed by atoms with van der Waals surface area (Å²) >= 11 is 0. The Kier molecular flexibility index (Phi) is 6.96. The van der Waals surface area contributed by atoms with Crippen molar-refractivity contribution in [3.8, 4) is 0 Å². The molecule has 2 N–H and O–H groups in total. The van der Waals surface area contributed by atoms with E-state index in [0.29, 0.717) is 11.8 Å². The van der Waals surface area contributed by atoms with E-state index in [2.05, 4.69) is 17.1 Å². The standard InChI is InChI=1S/C17H33N3O2/c1-3-8-19-9-4-15(5-10-19)13-18-17(22)20-11-6-16(7-12-20)14(2)21/h14-16,21H,3-13H2,1-2H3,(H,18,22). The molecule has 22 heavy (non-hydrogen) atoms. The third-order valence-corrected chi connectivity index (χ3v) is 5.30. The van der Waals surface area contributed by atoms with Crippen molar-refractivity contribution in [3.63, 3.8) is 0 Å². The maximum absolute atomic E-state index is 12.2. The zero-order valence-electron chi connectivity index (χ0n) is 14.3. The highest BCUT2D eigenvalue weighted by molar-refractivity contribution is 5.74. The normalized spacial score (nSPS) is 23.5. The van der Waals surface area contributed by atoms with E-state index in [1.165, 1.54) is 38.9 Å². The molecule has 2 heterocycles. The highest BCUT2D eigenvalue weighted by atomic mass is 16.3. The number of carbonyl (C=O) groups excluding carboxylic acids is 1. The van der Waals surface area contributed by atoms with Gasteiger partial charge in [-0.1, -0.05) is 6.92 Å². The van der Waals surface area contributed by atoms with E-state index in [-0.39, 0.29) is 12.1 Å². The van der Waals surface area contributed by atoms with Crippen molar-refractivity contribution in [2.75, 3.05) is 39.3 Å².